The number of ether oxygens (including phenoxy) is 1. The lowest BCUT2D eigenvalue weighted by molar-refractivity contribution is -0.263. The van der Waals surface area contributed by atoms with Gasteiger partial charge in [-0.25, -0.2) is 0 Å². The summed E-state index contributed by atoms with van der Waals surface area (Å²) in [6, 6.07) is 0. The Kier molecular flexibility index (Phi) is 3.81. The van der Waals surface area contributed by atoms with Crippen LogP contribution in [0.5, 0.6) is 0 Å². The van der Waals surface area contributed by atoms with Crippen LogP contribution in [0.1, 0.15) is 72.6 Å². The van der Waals surface area contributed by atoms with Gasteiger partial charge in [-0.3, -0.25) is 0 Å². The van der Waals surface area contributed by atoms with E-state index in [1.807, 2.05) is 6.08 Å². The second kappa shape index (κ2) is 5.08. The molecule has 1 saturated heterocycles. The van der Waals surface area contributed by atoms with E-state index >= 15 is 0 Å². The minimum Gasteiger partial charge on any atom is -0.393 e. The minimum atomic E-state index is -0.515. The van der Waals surface area contributed by atoms with E-state index in [0.29, 0.717) is 16.7 Å². The number of hydrogen-bond donors (Lipinski definition) is 1. The number of aliphatic hydroxyl groups excluding tert-OH is 1. The van der Waals surface area contributed by atoms with Crippen molar-refractivity contribution in [2.75, 3.05) is 6.61 Å². The molecule has 2 nitrogen and oxygen atoms in total. The van der Waals surface area contributed by atoms with Crippen LogP contribution in [0.2, 0.25) is 0 Å². The quantitative estimate of drug-likeness (QED) is 0.748. The lowest BCUT2D eigenvalue weighted by Crippen LogP contribution is -2.63. The van der Waals surface area contributed by atoms with Gasteiger partial charge in [-0.1, -0.05) is 33.3 Å². The van der Waals surface area contributed by atoms with Crippen LogP contribution < -0.4 is 0 Å². The summed E-state index contributed by atoms with van der Waals surface area (Å²) < 4.78 is 6.58. The normalized spacial score (nSPS) is 50.8. The molecule has 2 aliphatic carbocycles. The fourth-order valence-corrected chi connectivity index (χ4v) is 6.59. The number of rotatable bonds is 2. The van der Waals surface area contributed by atoms with Crippen molar-refractivity contribution in [3.8, 4) is 0 Å². The summed E-state index contributed by atoms with van der Waals surface area (Å²) in [7, 11) is 0. The molecule has 22 heavy (non-hydrogen) atoms. The highest BCUT2D eigenvalue weighted by atomic mass is 16.5. The summed E-state index contributed by atoms with van der Waals surface area (Å²) in [6.45, 7) is 13.8. The molecule has 5 atom stereocenters. The highest BCUT2D eigenvalue weighted by Crippen LogP contribution is 2.65. The largest absolute Gasteiger partial charge is 0.393 e. The summed E-state index contributed by atoms with van der Waals surface area (Å²) in [6.07, 6.45) is 10.3. The molecule has 1 N–H and O–H groups in total. The molecular formula is C20H34O2. The number of aliphatic hydroxyl groups is 1. The highest BCUT2D eigenvalue weighted by molar-refractivity contribution is 5.13. The summed E-state index contributed by atoms with van der Waals surface area (Å²) in [4.78, 5) is 0. The van der Waals surface area contributed by atoms with Crippen LogP contribution in [0.15, 0.2) is 12.7 Å². The smallest absolute Gasteiger partial charge is 0.110 e. The van der Waals surface area contributed by atoms with Gasteiger partial charge in [0, 0.05) is 0 Å². The van der Waals surface area contributed by atoms with Gasteiger partial charge in [-0.2, -0.15) is 0 Å². The highest BCUT2D eigenvalue weighted by Gasteiger charge is 2.61. The molecule has 2 heteroatoms. The van der Waals surface area contributed by atoms with E-state index < -0.39 is 5.60 Å². The fraction of sp³-hybridized carbons (Fsp3) is 0.900. The van der Waals surface area contributed by atoms with Crippen molar-refractivity contribution in [3.63, 3.8) is 0 Å². The molecule has 2 saturated carbocycles. The minimum absolute atomic E-state index is 0.0600. The monoisotopic (exact) mass is 306 g/mol. The van der Waals surface area contributed by atoms with Crippen molar-refractivity contribution < 1.29 is 9.84 Å². The summed E-state index contributed by atoms with van der Waals surface area (Å²) in [5.41, 5.74) is 0.224. The van der Waals surface area contributed by atoms with E-state index in [0.717, 1.165) is 25.2 Å². The Hall–Kier alpha value is -0.340. The van der Waals surface area contributed by atoms with Gasteiger partial charge in [0.15, 0.2) is 0 Å². The molecule has 3 fully saturated rings. The molecule has 3 rings (SSSR count). The first kappa shape index (κ1) is 16.5. The van der Waals surface area contributed by atoms with E-state index in [1.54, 1.807) is 0 Å². The molecule has 1 heterocycles. The third kappa shape index (κ3) is 2.21. The van der Waals surface area contributed by atoms with E-state index in [1.165, 1.54) is 25.7 Å². The zero-order valence-corrected chi connectivity index (χ0v) is 15.0. The molecule has 126 valence electrons. The predicted octanol–water partition coefficient (Wildman–Crippen LogP) is 4.72. The van der Waals surface area contributed by atoms with Gasteiger partial charge in [0.1, 0.15) is 5.60 Å². The van der Waals surface area contributed by atoms with E-state index in [2.05, 4.69) is 34.3 Å². The van der Waals surface area contributed by atoms with Gasteiger partial charge in [0.2, 0.25) is 0 Å². The lowest BCUT2D eigenvalue weighted by Gasteiger charge is -2.65. The van der Waals surface area contributed by atoms with Gasteiger partial charge in [-0.15, -0.1) is 6.58 Å². The van der Waals surface area contributed by atoms with Crippen LogP contribution in [-0.2, 0) is 4.74 Å². The average Bonchev–Trinajstić information content (AvgIpc) is 2.45. The molecule has 3 aliphatic rings. The van der Waals surface area contributed by atoms with Gasteiger partial charge >= 0.3 is 0 Å². The molecule has 0 unspecified atom stereocenters. The van der Waals surface area contributed by atoms with E-state index in [-0.39, 0.29) is 12.2 Å². The Morgan fingerprint density at radius 1 is 1.05 bits per heavy atom. The average molecular weight is 306 g/mol. The zero-order chi connectivity index (χ0) is 16.2. The van der Waals surface area contributed by atoms with Crippen molar-refractivity contribution in [1.29, 1.82) is 0 Å². The maximum absolute atomic E-state index is 9.83. The van der Waals surface area contributed by atoms with E-state index in [9.17, 15) is 5.11 Å². The third-order valence-corrected chi connectivity index (χ3v) is 7.67. The molecule has 0 bridgehead atoms. The zero-order valence-electron chi connectivity index (χ0n) is 15.0. The van der Waals surface area contributed by atoms with Crippen LogP contribution in [0, 0.1) is 22.7 Å². The Morgan fingerprint density at radius 3 is 2.36 bits per heavy atom. The maximum Gasteiger partial charge on any atom is 0.110 e. The predicted molar refractivity (Wildman–Crippen MR) is 90.7 cm³/mol. The molecule has 0 radical (unpaired) electrons. The van der Waals surface area contributed by atoms with Crippen molar-refractivity contribution in [2.45, 2.75) is 83.8 Å². The van der Waals surface area contributed by atoms with Crippen molar-refractivity contribution in [2.24, 2.45) is 22.7 Å². The van der Waals surface area contributed by atoms with Crippen LogP contribution in [-0.4, -0.2) is 22.9 Å². The van der Waals surface area contributed by atoms with E-state index in [4.69, 9.17) is 4.74 Å². The first-order valence-electron chi connectivity index (χ1n) is 9.16. The topological polar surface area (TPSA) is 29.5 Å². The molecule has 0 aromatic rings. The first-order chi connectivity index (χ1) is 10.2. The third-order valence-electron chi connectivity index (χ3n) is 7.67. The van der Waals surface area contributed by atoms with Crippen LogP contribution in [0.25, 0.3) is 0 Å². The molecule has 1 aliphatic heterocycles. The molecule has 0 aromatic carbocycles. The SMILES string of the molecule is C=C[C@]1(CO)CC[C@@H]2[C@@]3(C)CCCC(C)(C)[C@@H]3CC[C@@]2(C)O1. The van der Waals surface area contributed by atoms with Gasteiger partial charge in [0.05, 0.1) is 12.2 Å². The Bertz CT molecular complexity index is 457. The van der Waals surface area contributed by atoms with Crippen molar-refractivity contribution in [1.82, 2.24) is 0 Å². The second-order valence-corrected chi connectivity index (χ2v) is 9.37. The van der Waals surface area contributed by atoms with Crippen LogP contribution in [0.3, 0.4) is 0 Å². The fourth-order valence-electron chi connectivity index (χ4n) is 6.59. The Labute approximate surface area is 136 Å². The second-order valence-electron chi connectivity index (χ2n) is 9.37. The van der Waals surface area contributed by atoms with Gasteiger partial charge in [0.25, 0.3) is 0 Å². The molecule has 0 amide bonds. The van der Waals surface area contributed by atoms with Crippen molar-refractivity contribution in [3.05, 3.63) is 12.7 Å². The van der Waals surface area contributed by atoms with Crippen molar-refractivity contribution >= 4 is 0 Å². The Morgan fingerprint density at radius 2 is 1.73 bits per heavy atom. The number of hydrogen-bond acceptors (Lipinski definition) is 2. The van der Waals surface area contributed by atoms with Crippen LogP contribution >= 0.6 is 0 Å². The van der Waals surface area contributed by atoms with Crippen LogP contribution in [0.4, 0.5) is 0 Å². The first-order valence-corrected chi connectivity index (χ1v) is 9.16. The summed E-state index contributed by atoms with van der Waals surface area (Å²) >= 11 is 0. The maximum atomic E-state index is 9.83. The molecular weight excluding hydrogens is 272 g/mol. The standard InChI is InChI=1S/C20H34O2/c1-6-20(14-21)13-9-16-18(4)11-7-10-17(2,3)15(18)8-12-19(16,5)22-20/h6,15-16,21H,1,7-14H2,2-5H3/t15-,16+,18-,19+,20+/m0/s1. The number of fused-ring (bicyclic) bond motifs is 3. The summed E-state index contributed by atoms with van der Waals surface area (Å²) in [5, 5.41) is 9.83. The van der Waals surface area contributed by atoms with Gasteiger partial charge < -0.3 is 9.84 Å². The van der Waals surface area contributed by atoms with Gasteiger partial charge in [-0.05, 0) is 68.1 Å². The Balaban J connectivity index is 1.94. The molecule has 0 spiro atoms. The molecule has 0 aromatic heterocycles. The lowest BCUT2D eigenvalue weighted by atomic mass is 9.44. The summed E-state index contributed by atoms with van der Waals surface area (Å²) in [5.74, 6) is 1.42.